The number of carbonyl (C=O) groups is 2. The van der Waals surface area contributed by atoms with Crippen molar-refractivity contribution in [1.82, 2.24) is 9.80 Å². The summed E-state index contributed by atoms with van der Waals surface area (Å²) in [7, 11) is 0. The Bertz CT molecular complexity index is 446. The van der Waals surface area contributed by atoms with Crippen LogP contribution in [0.1, 0.15) is 12.8 Å². The molecule has 0 aromatic carbocycles. The van der Waals surface area contributed by atoms with E-state index in [0.29, 0.717) is 24.4 Å². The number of nitrogens with zero attached hydrogens (tertiary/aromatic N) is 2. The molecule has 0 spiro atoms. The SMILES string of the molecule is O=C1[C@H]2CC=C(Cl)C[C@@H]2C(=O)N1CCN1CCOCC1. The van der Waals surface area contributed by atoms with Gasteiger partial charge in [0.15, 0.2) is 0 Å². The Balaban J connectivity index is 1.60. The van der Waals surface area contributed by atoms with Gasteiger partial charge < -0.3 is 4.74 Å². The molecule has 0 aromatic rings. The molecular weight excluding hydrogens is 280 g/mol. The molecule has 2 atom stereocenters. The zero-order valence-electron chi connectivity index (χ0n) is 11.4. The molecule has 0 radical (unpaired) electrons. The van der Waals surface area contributed by atoms with Crippen LogP contribution in [0.5, 0.6) is 0 Å². The van der Waals surface area contributed by atoms with Crippen LogP contribution in [0.25, 0.3) is 0 Å². The van der Waals surface area contributed by atoms with Crippen molar-refractivity contribution >= 4 is 23.4 Å². The van der Waals surface area contributed by atoms with Crippen LogP contribution in [0.4, 0.5) is 0 Å². The summed E-state index contributed by atoms with van der Waals surface area (Å²) >= 11 is 6.00. The number of carbonyl (C=O) groups excluding carboxylic acids is 2. The standard InChI is InChI=1S/C14H19ClN2O3/c15-10-1-2-11-12(9-10)14(19)17(13(11)18)4-3-16-5-7-20-8-6-16/h1,11-12H,2-9H2/t11-,12-/m0/s1. The molecule has 3 rings (SSSR count). The number of morpholine rings is 1. The lowest BCUT2D eigenvalue weighted by Gasteiger charge is -2.28. The Morgan fingerprint density at radius 1 is 1.15 bits per heavy atom. The minimum atomic E-state index is -0.232. The first-order valence-electron chi connectivity index (χ1n) is 7.16. The minimum Gasteiger partial charge on any atom is -0.379 e. The molecule has 3 aliphatic rings. The molecule has 2 amide bonds. The number of fused-ring (bicyclic) bond motifs is 1. The molecule has 0 aromatic heterocycles. The molecule has 5 nitrogen and oxygen atoms in total. The van der Waals surface area contributed by atoms with Crippen LogP contribution in [0.15, 0.2) is 11.1 Å². The van der Waals surface area contributed by atoms with Gasteiger partial charge >= 0.3 is 0 Å². The van der Waals surface area contributed by atoms with Crippen LogP contribution in [0.3, 0.4) is 0 Å². The maximum Gasteiger partial charge on any atom is 0.233 e. The van der Waals surface area contributed by atoms with Crippen LogP contribution < -0.4 is 0 Å². The summed E-state index contributed by atoms with van der Waals surface area (Å²) in [4.78, 5) is 28.3. The molecule has 2 aliphatic heterocycles. The molecule has 0 bridgehead atoms. The van der Waals surface area contributed by atoms with Crippen LogP contribution >= 0.6 is 11.6 Å². The monoisotopic (exact) mass is 298 g/mol. The largest absolute Gasteiger partial charge is 0.379 e. The van der Waals surface area contributed by atoms with Gasteiger partial charge in [0.25, 0.3) is 0 Å². The first-order chi connectivity index (χ1) is 9.66. The predicted molar refractivity (Wildman–Crippen MR) is 74.1 cm³/mol. The Hall–Kier alpha value is -0.910. The summed E-state index contributed by atoms with van der Waals surface area (Å²) in [5, 5.41) is 0.711. The Morgan fingerprint density at radius 2 is 1.85 bits per heavy atom. The molecule has 2 saturated heterocycles. The second kappa shape index (κ2) is 5.84. The lowest BCUT2D eigenvalue weighted by atomic mass is 9.85. The Morgan fingerprint density at radius 3 is 2.60 bits per heavy atom. The van der Waals surface area contributed by atoms with Gasteiger partial charge in [0.05, 0.1) is 25.0 Å². The highest BCUT2D eigenvalue weighted by Crippen LogP contribution is 2.38. The van der Waals surface area contributed by atoms with Crippen molar-refractivity contribution in [2.45, 2.75) is 12.8 Å². The van der Waals surface area contributed by atoms with Gasteiger partial charge in [-0.2, -0.15) is 0 Å². The summed E-state index contributed by atoms with van der Waals surface area (Å²) in [5.74, 6) is -0.479. The zero-order valence-corrected chi connectivity index (χ0v) is 12.1. The third-order valence-corrected chi connectivity index (χ3v) is 4.71. The van der Waals surface area contributed by atoms with Crippen molar-refractivity contribution in [2.24, 2.45) is 11.8 Å². The summed E-state index contributed by atoms with van der Waals surface area (Å²) in [6, 6.07) is 0. The second-order valence-corrected chi connectivity index (χ2v) is 6.07. The molecule has 6 heteroatoms. The highest BCUT2D eigenvalue weighted by molar-refractivity contribution is 6.30. The fraction of sp³-hybridized carbons (Fsp3) is 0.714. The molecule has 0 saturated carbocycles. The predicted octanol–water partition coefficient (Wildman–Crippen LogP) is 0.836. The number of halogens is 1. The van der Waals surface area contributed by atoms with E-state index in [-0.39, 0.29) is 23.7 Å². The number of hydrogen-bond donors (Lipinski definition) is 0. The topological polar surface area (TPSA) is 49.9 Å². The maximum absolute atomic E-state index is 12.3. The molecule has 1 aliphatic carbocycles. The number of likely N-dealkylation sites (tertiary alicyclic amines) is 1. The third-order valence-electron chi connectivity index (χ3n) is 4.40. The fourth-order valence-electron chi connectivity index (χ4n) is 3.18. The average molecular weight is 299 g/mol. The molecular formula is C14H19ClN2O3. The average Bonchev–Trinajstić information content (AvgIpc) is 2.70. The van der Waals surface area contributed by atoms with Crippen molar-refractivity contribution in [3.63, 3.8) is 0 Å². The first-order valence-corrected chi connectivity index (χ1v) is 7.54. The van der Waals surface area contributed by atoms with E-state index in [1.165, 1.54) is 4.90 Å². The van der Waals surface area contributed by atoms with Crippen molar-refractivity contribution in [3.05, 3.63) is 11.1 Å². The van der Waals surface area contributed by atoms with Gasteiger partial charge in [-0.1, -0.05) is 17.7 Å². The van der Waals surface area contributed by atoms with Crippen molar-refractivity contribution in [2.75, 3.05) is 39.4 Å². The van der Waals surface area contributed by atoms with E-state index in [1.54, 1.807) is 0 Å². The summed E-state index contributed by atoms with van der Waals surface area (Å²) in [6.07, 6.45) is 2.99. The maximum atomic E-state index is 12.3. The van der Waals surface area contributed by atoms with Gasteiger partial charge in [-0.15, -0.1) is 0 Å². The summed E-state index contributed by atoms with van der Waals surface area (Å²) in [5.41, 5.74) is 0. The minimum absolute atomic E-state index is 0.0197. The molecule has 0 unspecified atom stereocenters. The molecule has 2 heterocycles. The van der Waals surface area contributed by atoms with E-state index in [1.807, 2.05) is 6.08 Å². The number of allylic oxidation sites excluding steroid dienone is 2. The van der Waals surface area contributed by atoms with Crippen LogP contribution in [0, 0.1) is 11.8 Å². The number of rotatable bonds is 3. The van der Waals surface area contributed by atoms with Gasteiger partial charge in [0.1, 0.15) is 0 Å². The van der Waals surface area contributed by atoms with Gasteiger partial charge in [0.2, 0.25) is 11.8 Å². The normalized spacial score (nSPS) is 31.4. The van der Waals surface area contributed by atoms with E-state index in [9.17, 15) is 9.59 Å². The number of amides is 2. The lowest BCUT2D eigenvalue weighted by Crippen LogP contribution is -2.43. The van der Waals surface area contributed by atoms with E-state index < -0.39 is 0 Å². The zero-order chi connectivity index (χ0) is 14.1. The number of imide groups is 1. The third kappa shape index (κ3) is 2.62. The Kier molecular flexibility index (Phi) is 4.10. The van der Waals surface area contributed by atoms with E-state index in [0.717, 1.165) is 32.8 Å². The summed E-state index contributed by atoms with van der Waals surface area (Å²) in [6.45, 7) is 4.43. The van der Waals surface area contributed by atoms with Gasteiger partial charge in [-0.25, -0.2) is 0 Å². The fourth-order valence-corrected chi connectivity index (χ4v) is 3.44. The number of ether oxygens (including phenoxy) is 1. The van der Waals surface area contributed by atoms with Crippen LogP contribution in [0.2, 0.25) is 0 Å². The smallest absolute Gasteiger partial charge is 0.233 e. The second-order valence-electron chi connectivity index (χ2n) is 5.59. The highest BCUT2D eigenvalue weighted by Gasteiger charge is 2.48. The quantitative estimate of drug-likeness (QED) is 0.725. The van der Waals surface area contributed by atoms with Crippen LogP contribution in [-0.2, 0) is 14.3 Å². The Labute approximate surface area is 123 Å². The van der Waals surface area contributed by atoms with Gasteiger partial charge in [-0.3, -0.25) is 19.4 Å². The molecule has 2 fully saturated rings. The first kappa shape index (κ1) is 14.0. The van der Waals surface area contributed by atoms with Crippen molar-refractivity contribution < 1.29 is 14.3 Å². The number of hydrogen-bond acceptors (Lipinski definition) is 4. The molecule has 20 heavy (non-hydrogen) atoms. The van der Waals surface area contributed by atoms with E-state index in [4.69, 9.17) is 16.3 Å². The molecule has 110 valence electrons. The molecule has 0 N–H and O–H groups in total. The van der Waals surface area contributed by atoms with Gasteiger partial charge in [-0.05, 0) is 12.8 Å². The van der Waals surface area contributed by atoms with Crippen molar-refractivity contribution in [1.29, 1.82) is 0 Å². The van der Waals surface area contributed by atoms with E-state index in [2.05, 4.69) is 4.90 Å². The van der Waals surface area contributed by atoms with E-state index >= 15 is 0 Å². The van der Waals surface area contributed by atoms with Crippen LogP contribution in [-0.4, -0.2) is 61.0 Å². The van der Waals surface area contributed by atoms with Crippen molar-refractivity contribution in [3.8, 4) is 0 Å². The van der Waals surface area contributed by atoms with Gasteiger partial charge in [0, 0.05) is 31.2 Å². The summed E-state index contributed by atoms with van der Waals surface area (Å²) < 4.78 is 5.29. The highest BCUT2D eigenvalue weighted by atomic mass is 35.5. The lowest BCUT2D eigenvalue weighted by molar-refractivity contribution is -0.140.